The van der Waals surface area contributed by atoms with Crippen molar-refractivity contribution in [3.8, 4) is 0 Å². The van der Waals surface area contributed by atoms with Crippen molar-refractivity contribution >= 4 is 18.9 Å². The molecule has 0 aromatic rings. The van der Waals surface area contributed by atoms with Gasteiger partial charge < -0.3 is 9.64 Å². The fraction of sp³-hybridized carbons (Fsp3) is 0.909. The molecule has 0 aromatic heterocycles. The molecule has 1 atom stereocenters. The number of piperidine rings is 1. The van der Waals surface area contributed by atoms with Gasteiger partial charge in [0.1, 0.15) is 5.60 Å². The van der Waals surface area contributed by atoms with Gasteiger partial charge >= 0.3 is 6.09 Å². The lowest BCUT2D eigenvalue weighted by Crippen LogP contribution is -2.44. The Bertz CT molecular complexity index is 239. The Hall–Kier alpha value is -0.420. The van der Waals surface area contributed by atoms with Crippen molar-refractivity contribution in [2.75, 3.05) is 19.6 Å². The molecule has 1 aliphatic rings. The molecule has 4 nitrogen and oxygen atoms in total. The lowest BCUT2D eigenvalue weighted by Gasteiger charge is -2.33. The highest BCUT2D eigenvalue weighted by Crippen LogP contribution is 2.18. The van der Waals surface area contributed by atoms with Crippen LogP contribution in [0.3, 0.4) is 0 Å². The van der Waals surface area contributed by atoms with Gasteiger partial charge in [0, 0.05) is 19.6 Å². The maximum Gasteiger partial charge on any atom is 0.410 e. The zero-order valence-electron chi connectivity index (χ0n) is 10.3. The molecule has 0 saturated carbocycles. The molecular formula is C11H22N2O2S. The summed E-state index contributed by atoms with van der Waals surface area (Å²) < 4.78 is 8.21. The van der Waals surface area contributed by atoms with Gasteiger partial charge in [-0.05, 0) is 39.5 Å². The molecule has 1 unspecified atom stereocenters. The van der Waals surface area contributed by atoms with Crippen LogP contribution in [-0.2, 0) is 4.74 Å². The number of rotatable bonds is 2. The zero-order chi connectivity index (χ0) is 12.2. The molecule has 5 heteroatoms. The van der Waals surface area contributed by atoms with E-state index in [1.807, 2.05) is 20.8 Å². The van der Waals surface area contributed by atoms with E-state index in [0.29, 0.717) is 5.92 Å². The highest BCUT2D eigenvalue weighted by atomic mass is 32.1. The standard InChI is InChI=1S/C11H22N2O2S/c1-11(2,3)15-10(14)13-6-4-5-9(8-13)7-12-16/h9,12,16H,4-8H2,1-3H3. The second-order valence-corrected chi connectivity index (χ2v) is 5.61. The number of carbonyl (C=O) groups is 1. The average Bonchev–Trinajstić information content (AvgIpc) is 2.16. The third kappa shape index (κ3) is 4.61. The zero-order valence-corrected chi connectivity index (χ0v) is 11.2. The number of hydrogen-bond donors (Lipinski definition) is 2. The summed E-state index contributed by atoms with van der Waals surface area (Å²) >= 11 is 4.00. The minimum Gasteiger partial charge on any atom is -0.444 e. The third-order valence-corrected chi connectivity index (χ3v) is 2.73. The Morgan fingerprint density at radius 3 is 2.81 bits per heavy atom. The highest BCUT2D eigenvalue weighted by Gasteiger charge is 2.27. The Morgan fingerprint density at radius 1 is 1.56 bits per heavy atom. The molecule has 1 rings (SSSR count). The fourth-order valence-corrected chi connectivity index (χ4v) is 2.11. The molecule has 0 aliphatic carbocycles. The minimum absolute atomic E-state index is 0.198. The quantitative estimate of drug-likeness (QED) is 0.733. The first-order chi connectivity index (χ1) is 7.42. The molecule has 16 heavy (non-hydrogen) atoms. The highest BCUT2D eigenvalue weighted by molar-refractivity contribution is 7.78. The van der Waals surface area contributed by atoms with Crippen molar-refractivity contribution < 1.29 is 9.53 Å². The van der Waals surface area contributed by atoms with Crippen molar-refractivity contribution in [1.29, 1.82) is 0 Å². The fourth-order valence-electron chi connectivity index (χ4n) is 1.85. The van der Waals surface area contributed by atoms with E-state index >= 15 is 0 Å². The van der Waals surface area contributed by atoms with Crippen LogP contribution >= 0.6 is 12.8 Å². The molecule has 0 bridgehead atoms. The van der Waals surface area contributed by atoms with E-state index in [4.69, 9.17) is 4.74 Å². The number of ether oxygens (including phenoxy) is 1. The smallest absolute Gasteiger partial charge is 0.410 e. The van der Waals surface area contributed by atoms with E-state index < -0.39 is 5.60 Å². The summed E-state index contributed by atoms with van der Waals surface area (Å²) in [5.41, 5.74) is -0.411. The predicted molar refractivity (Wildman–Crippen MR) is 67.5 cm³/mol. The Morgan fingerprint density at radius 2 is 2.25 bits per heavy atom. The summed E-state index contributed by atoms with van der Waals surface area (Å²) in [6.45, 7) is 8.08. The van der Waals surface area contributed by atoms with Crippen LogP contribution in [0.1, 0.15) is 33.6 Å². The summed E-state index contributed by atoms with van der Waals surface area (Å²) in [5.74, 6) is 0.485. The SMILES string of the molecule is CC(C)(C)OC(=O)N1CCCC(CNS)C1. The van der Waals surface area contributed by atoms with Gasteiger partial charge in [0.05, 0.1) is 0 Å². The molecular weight excluding hydrogens is 224 g/mol. The first-order valence-corrected chi connectivity index (χ1v) is 6.22. The number of thiol groups is 1. The molecule has 1 saturated heterocycles. The third-order valence-electron chi connectivity index (χ3n) is 2.55. The Kier molecular flexibility index (Phi) is 4.92. The van der Waals surface area contributed by atoms with E-state index in [2.05, 4.69) is 17.5 Å². The van der Waals surface area contributed by atoms with Gasteiger partial charge in [-0.3, -0.25) is 4.72 Å². The number of carbonyl (C=O) groups excluding carboxylic acids is 1. The van der Waals surface area contributed by atoms with Crippen LogP contribution < -0.4 is 4.72 Å². The predicted octanol–water partition coefficient (Wildman–Crippen LogP) is 2.07. The van der Waals surface area contributed by atoms with E-state index in [9.17, 15) is 4.79 Å². The molecule has 1 aliphatic heterocycles. The molecule has 0 radical (unpaired) electrons. The summed E-state index contributed by atoms with van der Waals surface area (Å²) in [6.07, 6.45) is 1.99. The number of nitrogens with one attached hydrogen (secondary N) is 1. The second kappa shape index (κ2) is 5.77. The maximum absolute atomic E-state index is 11.8. The van der Waals surface area contributed by atoms with E-state index in [0.717, 1.165) is 32.5 Å². The lowest BCUT2D eigenvalue weighted by atomic mass is 9.99. The summed E-state index contributed by atoms with van der Waals surface area (Å²) in [7, 11) is 0. The molecule has 94 valence electrons. The van der Waals surface area contributed by atoms with Crippen molar-refractivity contribution in [2.45, 2.75) is 39.2 Å². The monoisotopic (exact) mass is 246 g/mol. The molecule has 1 heterocycles. The summed E-state index contributed by atoms with van der Waals surface area (Å²) in [4.78, 5) is 13.6. The van der Waals surface area contributed by atoms with Crippen LogP contribution in [0.15, 0.2) is 0 Å². The Balaban J connectivity index is 2.44. The normalized spacial score (nSPS) is 22.0. The number of nitrogens with zero attached hydrogens (tertiary/aromatic N) is 1. The Labute approximate surface area is 103 Å². The van der Waals surface area contributed by atoms with Crippen molar-refractivity contribution in [1.82, 2.24) is 9.62 Å². The van der Waals surface area contributed by atoms with Gasteiger partial charge in [0.15, 0.2) is 0 Å². The van der Waals surface area contributed by atoms with Gasteiger partial charge in [0.2, 0.25) is 0 Å². The number of hydrogen-bond acceptors (Lipinski definition) is 4. The number of likely N-dealkylation sites (tertiary alicyclic amines) is 1. The molecule has 0 aromatic carbocycles. The van der Waals surface area contributed by atoms with E-state index in [-0.39, 0.29) is 6.09 Å². The maximum atomic E-state index is 11.8. The molecule has 1 amide bonds. The summed E-state index contributed by atoms with van der Waals surface area (Å²) in [6, 6.07) is 0. The molecule has 1 fully saturated rings. The molecule has 0 spiro atoms. The van der Waals surface area contributed by atoms with E-state index in [1.54, 1.807) is 4.90 Å². The van der Waals surface area contributed by atoms with Crippen LogP contribution in [0.4, 0.5) is 4.79 Å². The number of amides is 1. The van der Waals surface area contributed by atoms with Crippen LogP contribution in [0.2, 0.25) is 0 Å². The van der Waals surface area contributed by atoms with Crippen LogP contribution in [-0.4, -0.2) is 36.2 Å². The van der Waals surface area contributed by atoms with Gasteiger partial charge in [-0.15, -0.1) is 0 Å². The first kappa shape index (κ1) is 13.6. The minimum atomic E-state index is -0.411. The van der Waals surface area contributed by atoms with Crippen molar-refractivity contribution in [3.63, 3.8) is 0 Å². The van der Waals surface area contributed by atoms with Gasteiger partial charge in [-0.25, -0.2) is 4.79 Å². The first-order valence-electron chi connectivity index (χ1n) is 5.77. The van der Waals surface area contributed by atoms with Gasteiger partial charge in [0.25, 0.3) is 0 Å². The molecule has 1 N–H and O–H groups in total. The largest absolute Gasteiger partial charge is 0.444 e. The van der Waals surface area contributed by atoms with Crippen LogP contribution in [0, 0.1) is 5.92 Å². The van der Waals surface area contributed by atoms with Crippen molar-refractivity contribution in [3.05, 3.63) is 0 Å². The van der Waals surface area contributed by atoms with E-state index in [1.165, 1.54) is 0 Å². The lowest BCUT2D eigenvalue weighted by molar-refractivity contribution is 0.0169. The van der Waals surface area contributed by atoms with Crippen LogP contribution in [0.5, 0.6) is 0 Å². The van der Waals surface area contributed by atoms with Gasteiger partial charge in [-0.2, -0.15) is 0 Å². The van der Waals surface area contributed by atoms with Crippen LogP contribution in [0.25, 0.3) is 0 Å². The van der Waals surface area contributed by atoms with Gasteiger partial charge in [-0.1, -0.05) is 12.8 Å². The second-order valence-electron chi connectivity index (χ2n) is 5.30. The topological polar surface area (TPSA) is 41.6 Å². The summed E-state index contributed by atoms with van der Waals surface area (Å²) in [5, 5.41) is 0. The average molecular weight is 246 g/mol. The van der Waals surface area contributed by atoms with Crippen molar-refractivity contribution in [2.24, 2.45) is 5.92 Å².